The topological polar surface area (TPSA) is 132 Å². The lowest BCUT2D eigenvalue weighted by Gasteiger charge is -2.16. The monoisotopic (exact) mass is 231 g/mol. The molecule has 0 aromatic carbocycles. The highest BCUT2D eigenvalue weighted by Crippen LogP contribution is 1.89. The minimum absolute atomic E-state index is 2.88. The molecule has 0 unspecified atom stereocenters. The van der Waals surface area contributed by atoms with Gasteiger partial charge in [0, 0.05) is 0 Å². The highest BCUT2D eigenvalue weighted by atomic mass is 29.6. The molecule has 0 aliphatic rings. The Bertz CT molecular complexity index is 147. The van der Waals surface area contributed by atoms with E-state index < -0.39 is 25.0 Å². The summed E-state index contributed by atoms with van der Waals surface area (Å²) < 4.78 is 31.6. The van der Waals surface area contributed by atoms with E-state index in [2.05, 4.69) is 18.8 Å². The molecule has 0 atom stereocenters. The van der Waals surface area contributed by atoms with E-state index in [1.54, 1.807) is 0 Å². The summed E-state index contributed by atoms with van der Waals surface area (Å²) in [6.07, 6.45) is 0. The molecule has 0 amide bonds. The summed E-state index contributed by atoms with van der Waals surface area (Å²) in [5.41, 5.74) is 0. The Morgan fingerprint density at radius 2 is 1.42 bits per heavy atom. The van der Waals surface area contributed by atoms with Crippen LogP contribution in [0.2, 0.25) is 0 Å². The van der Waals surface area contributed by atoms with Crippen LogP contribution in [0, 0.1) is 0 Å². The molecule has 0 aromatic rings. The first-order chi connectivity index (χ1) is 5.67. The molecular weight excluding hydrogens is 228 g/mol. The summed E-state index contributed by atoms with van der Waals surface area (Å²) in [7, 11) is -9.26. The van der Waals surface area contributed by atoms with Crippen LogP contribution in [0.4, 0.5) is 0 Å². The normalized spacial score (nSPS) is 8.92. The molecule has 0 aliphatic heterocycles. The number of rotatable bonds is 6. The minimum Gasteiger partial charge on any atom is -0.398 e. The van der Waals surface area contributed by atoms with Crippen molar-refractivity contribution in [3.63, 3.8) is 0 Å². The summed E-state index contributed by atoms with van der Waals surface area (Å²) >= 11 is 0. The van der Waals surface area contributed by atoms with E-state index in [4.69, 9.17) is 15.8 Å². The molecule has 0 rings (SSSR count). The fourth-order valence-electron chi connectivity index (χ4n) is 0.272. The standard InChI is InChI=1S/H3O9Si3/c1-6-9-12(10(4)7-2)11(5)8-3/h1-3H/q-1. The summed E-state index contributed by atoms with van der Waals surface area (Å²) in [4.78, 5) is 0. The Morgan fingerprint density at radius 3 is 1.67 bits per heavy atom. The molecule has 0 spiro atoms. The summed E-state index contributed by atoms with van der Waals surface area (Å²) in [5.74, 6) is 0. The van der Waals surface area contributed by atoms with Crippen LogP contribution in [0.15, 0.2) is 0 Å². The first-order valence-corrected chi connectivity index (χ1v) is 8.28. The average molecular weight is 231 g/mol. The second kappa shape index (κ2) is 6.20. The number of hydrogen-bond donors (Lipinski definition) is 3. The second-order valence-corrected chi connectivity index (χ2v) is 10.3. The summed E-state index contributed by atoms with van der Waals surface area (Å²) in [6.45, 7) is 0. The average Bonchev–Trinajstić information content (AvgIpc) is 2.11. The third-order valence-corrected chi connectivity index (χ3v) is 8.92. The highest BCUT2D eigenvalue weighted by Gasteiger charge is 2.25. The van der Waals surface area contributed by atoms with E-state index in [0.717, 1.165) is 0 Å². The van der Waals surface area contributed by atoms with Crippen molar-refractivity contribution in [2.75, 3.05) is 0 Å². The van der Waals surface area contributed by atoms with Gasteiger partial charge in [0.05, 0.1) is 0 Å². The van der Waals surface area contributed by atoms with Crippen LogP contribution in [-0.4, -0.2) is 40.7 Å². The van der Waals surface area contributed by atoms with Crippen molar-refractivity contribution < 1.29 is 43.5 Å². The van der Waals surface area contributed by atoms with Gasteiger partial charge in [-0.25, -0.2) is 15.8 Å². The van der Waals surface area contributed by atoms with Gasteiger partial charge in [-0.15, -0.1) is 5.04 Å². The predicted octanol–water partition coefficient (Wildman–Crippen LogP) is -1.63. The maximum atomic E-state index is 10.6. The Morgan fingerprint density at radius 1 is 1.00 bits per heavy atom. The van der Waals surface area contributed by atoms with Gasteiger partial charge in [0.2, 0.25) is 0 Å². The van der Waals surface area contributed by atoms with Gasteiger partial charge in [-0.2, -0.15) is 0 Å². The van der Waals surface area contributed by atoms with Gasteiger partial charge in [-0.05, 0) is 0 Å². The van der Waals surface area contributed by atoms with Crippen molar-refractivity contribution >= 4 is 25.0 Å². The van der Waals surface area contributed by atoms with Gasteiger partial charge >= 0.3 is 16.9 Å². The van der Waals surface area contributed by atoms with E-state index in [0.29, 0.717) is 0 Å². The van der Waals surface area contributed by atoms with E-state index in [1.165, 1.54) is 0 Å². The van der Waals surface area contributed by atoms with E-state index >= 15 is 0 Å². The lowest BCUT2D eigenvalue weighted by atomic mass is 14.6. The molecule has 12 heavy (non-hydrogen) atoms. The fraction of sp³-hybridized carbons (Fsp3) is 0. The Labute approximate surface area is 69.3 Å². The third-order valence-electron chi connectivity index (χ3n) is 0.657. The first-order valence-electron chi connectivity index (χ1n) is 2.24. The maximum Gasteiger partial charge on any atom is 0.402 e. The zero-order valence-corrected chi connectivity index (χ0v) is 8.29. The molecule has 0 aliphatic carbocycles. The Balaban J connectivity index is 4.21. The van der Waals surface area contributed by atoms with Crippen LogP contribution in [0.25, 0.3) is 0 Å². The molecule has 0 aromatic heterocycles. The van der Waals surface area contributed by atoms with Gasteiger partial charge < -0.3 is 22.7 Å². The lowest BCUT2D eigenvalue weighted by Crippen LogP contribution is -2.44. The van der Waals surface area contributed by atoms with Crippen LogP contribution in [-0.2, 0) is 27.7 Å². The quantitative estimate of drug-likeness (QED) is 0.280. The molecule has 3 N–H and O–H groups in total. The van der Waals surface area contributed by atoms with E-state index in [1.807, 2.05) is 0 Å². The second-order valence-electron chi connectivity index (χ2n) is 1.24. The maximum absolute atomic E-state index is 10.6. The Kier molecular flexibility index (Phi) is 6.02. The van der Waals surface area contributed by atoms with Crippen LogP contribution < -0.4 is 0 Å². The third kappa shape index (κ3) is 3.36. The summed E-state index contributed by atoms with van der Waals surface area (Å²) in [5, 5.41) is 26.5. The van der Waals surface area contributed by atoms with Crippen LogP contribution >= 0.6 is 0 Å². The van der Waals surface area contributed by atoms with Crippen LogP contribution in [0.3, 0.4) is 0 Å². The first kappa shape index (κ1) is 11.7. The molecule has 12 heteroatoms. The predicted molar refractivity (Wildman–Crippen MR) is 30.9 cm³/mol. The van der Waals surface area contributed by atoms with Gasteiger partial charge in [0.15, 0.2) is 0 Å². The molecular formula is H3O9Si3-. The minimum atomic E-state index is -3.19. The zero-order valence-electron chi connectivity index (χ0n) is 5.29. The van der Waals surface area contributed by atoms with Crippen molar-refractivity contribution in [3.05, 3.63) is 0 Å². The van der Waals surface area contributed by atoms with Gasteiger partial charge in [-0.3, -0.25) is 0 Å². The van der Waals surface area contributed by atoms with Crippen LogP contribution in [0.1, 0.15) is 0 Å². The molecule has 0 radical (unpaired) electrons. The molecule has 70 valence electrons. The van der Waals surface area contributed by atoms with Crippen molar-refractivity contribution in [2.45, 2.75) is 0 Å². The highest BCUT2D eigenvalue weighted by molar-refractivity contribution is 7.37. The van der Waals surface area contributed by atoms with E-state index in [-0.39, 0.29) is 0 Å². The lowest BCUT2D eigenvalue weighted by molar-refractivity contribution is -0.442. The molecule has 0 bridgehead atoms. The molecule has 0 fully saturated rings. The summed E-state index contributed by atoms with van der Waals surface area (Å²) in [6, 6.07) is 0. The smallest absolute Gasteiger partial charge is 0.398 e. The van der Waals surface area contributed by atoms with Gasteiger partial charge in [-0.1, -0.05) is 0 Å². The van der Waals surface area contributed by atoms with Crippen molar-refractivity contribution in [1.29, 1.82) is 0 Å². The van der Waals surface area contributed by atoms with E-state index in [9.17, 15) is 8.92 Å². The fourth-order valence-corrected chi connectivity index (χ4v) is 4.77. The molecule has 0 saturated carbocycles. The van der Waals surface area contributed by atoms with Crippen LogP contribution in [0.5, 0.6) is 0 Å². The molecule has 0 heterocycles. The largest absolute Gasteiger partial charge is 0.402 e. The van der Waals surface area contributed by atoms with Gasteiger partial charge in [0.25, 0.3) is 0 Å². The molecule has 0 saturated heterocycles. The SMILES string of the molecule is O=[Si](OO)[Si-](OOO)[Si](=O)OO. The number of hydrogen-bond acceptors (Lipinski definition) is 9. The van der Waals surface area contributed by atoms with Crippen molar-refractivity contribution in [1.82, 2.24) is 0 Å². The zero-order chi connectivity index (χ0) is 9.56. The molecule has 9 nitrogen and oxygen atoms in total. The van der Waals surface area contributed by atoms with Crippen molar-refractivity contribution in [2.24, 2.45) is 0 Å². The Hall–Kier alpha value is -0.349. The van der Waals surface area contributed by atoms with Crippen molar-refractivity contribution in [3.8, 4) is 0 Å². The van der Waals surface area contributed by atoms with Gasteiger partial charge in [0.1, 0.15) is 8.08 Å².